The first-order valence-electron chi connectivity index (χ1n) is 7.86. The van der Waals surface area contributed by atoms with E-state index in [2.05, 4.69) is 10.6 Å². The largest absolute Gasteiger partial charge is 0.497 e. The molecule has 3 aromatic rings. The number of carbonyl (C=O) groups excluding carboxylic acids is 2. The van der Waals surface area contributed by atoms with Crippen molar-refractivity contribution in [2.24, 2.45) is 0 Å². The number of para-hydroxylation sites is 1. The van der Waals surface area contributed by atoms with Crippen molar-refractivity contribution in [1.82, 2.24) is 10.6 Å². The molecule has 0 aliphatic heterocycles. The van der Waals surface area contributed by atoms with Crippen molar-refractivity contribution in [3.63, 3.8) is 0 Å². The second-order valence-electron chi connectivity index (χ2n) is 5.39. The van der Waals surface area contributed by atoms with E-state index in [-0.39, 0.29) is 17.6 Å². The molecule has 2 N–H and O–H groups in total. The zero-order valence-corrected chi connectivity index (χ0v) is 13.7. The minimum absolute atomic E-state index is 0.208. The zero-order valence-electron chi connectivity index (χ0n) is 13.7. The van der Waals surface area contributed by atoms with Crippen molar-refractivity contribution in [1.29, 1.82) is 0 Å². The maximum atomic E-state index is 12.1. The Morgan fingerprint density at radius 3 is 2.32 bits per heavy atom. The van der Waals surface area contributed by atoms with Crippen LogP contribution in [0.2, 0.25) is 0 Å². The van der Waals surface area contributed by atoms with E-state index in [0.29, 0.717) is 30.0 Å². The van der Waals surface area contributed by atoms with Crippen LogP contribution in [-0.4, -0.2) is 32.0 Å². The number of amides is 2. The van der Waals surface area contributed by atoms with Crippen LogP contribution in [-0.2, 0) is 0 Å². The third kappa shape index (κ3) is 3.98. The molecule has 1 aromatic heterocycles. The standard InChI is InChI=1S/C19H18N2O4/c1-24-15-8-6-13(7-9-15)18(22)20-10-11-21-19(23)17-12-14-4-2-3-5-16(14)25-17/h2-9,12H,10-11H2,1H3,(H,20,22)(H,21,23). The van der Waals surface area contributed by atoms with Gasteiger partial charge in [0.2, 0.25) is 0 Å². The van der Waals surface area contributed by atoms with Gasteiger partial charge >= 0.3 is 0 Å². The third-order valence-electron chi connectivity index (χ3n) is 3.70. The molecular weight excluding hydrogens is 320 g/mol. The molecule has 0 unspecified atom stereocenters. The predicted molar refractivity (Wildman–Crippen MR) is 93.9 cm³/mol. The van der Waals surface area contributed by atoms with Gasteiger partial charge in [-0.05, 0) is 36.4 Å². The number of methoxy groups -OCH3 is 1. The lowest BCUT2D eigenvalue weighted by Crippen LogP contribution is -2.34. The molecule has 6 nitrogen and oxygen atoms in total. The summed E-state index contributed by atoms with van der Waals surface area (Å²) >= 11 is 0. The van der Waals surface area contributed by atoms with Gasteiger partial charge in [0.05, 0.1) is 7.11 Å². The normalized spacial score (nSPS) is 10.4. The summed E-state index contributed by atoms with van der Waals surface area (Å²) in [5, 5.41) is 6.34. The Labute approximate surface area is 144 Å². The molecule has 0 fully saturated rings. The number of furan rings is 1. The van der Waals surface area contributed by atoms with Gasteiger partial charge in [-0.15, -0.1) is 0 Å². The number of fused-ring (bicyclic) bond motifs is 1. The van der Waals surface area contributed by atoms with Gasteiger partial charge in [-0.2, -0.15) is 0 Å². The van der Waals surface area contributed by atoms with Crippen molar-refractivity contribution in [3.8, 4) is 5.75 Å². The summed E-state index contributed by atoms with van der Waals surface area (Å²) in [6, 6.07) is 15.9. The van der Waals surface area contributed by atoms with Crippen LogP contribution < -0.4 is 15.4 Å². The number of hydrogen-bond acceptors (Lipinski definition) is 4. The smallest absolute Gasteiger partial charge is 0.287 e. The molecule has 0 saturated heterocycles. The van der Waals surface area contributed by atoms with Crippen LogP contribution in [0.15, 0.2) is 59.0 Å². The van der Waals surface area contributed by atoms with Crippen molar-refractivity contribution in [3.05, 3.63) is 65.9 Å². The van der Waals surface area contributed by atoms with E-state index in [1.807, 2.05) is 18.2 Å². The van der Waals surface area contributed by atoms with Gasteiger partial charge in [0, 0.05) is 24.0 Å². The number of ether oxygens (including phenoxy) is 1. The molecule has 6 heteroatoms. The van der Waals surface area contributed by atoms with Gasteiger partial charge < -0.3 is 19.8 Å². The van der Waals surface area contributed by atoms with Gasteiger partial charge in [0.25, 0.3) is 11.8 Å². The van der Waals surface area contributed by atoms with Crippen LogP contribution in [0.5, 0.6) is 5.75 Å². The summed E-state index contributed by atoms with van der Waals surface area (Å²) < 4.78 is 10.5. The van der Waals surface area contributed by atoms with E-state index in [4.69, 9.17) is 9.15 Å². The van der Waals surface area contributed by atoms with Gasteiger partial charge in [-0.3, -0.25) is 9.59 Å². The van der Waals surface area contributed by atoms with E-state index < -0.39 is 0 Å². The molecule has 0 aliphatic carbocycles. The number of benzene rings is 2. The van der Waals surface area contributed by atoms with Crippen molar-refractivity contribution in [2.75, 3.05) is 20.2 Å². The van der Waals surface area contributed by atoms with Crippen LogP contribution in [0.1, 0.15) is 20.9 Å². The number of hydrogen-bond donors (Lipinski definition) is 2. The lowest BCUT2D eigenvalue weighted by Gasteiger charge is -2.07. The lowest BCUT2D eigenvalue weighted by atomic mass is 10.2. The number of rotatable bonds is 6. The molecule has 0 saturated carbocycles. The van der Waals surface area contributed by atoms with Crippen LogP contribution in [0.3, 0.4) is 0 Å². The number of carbonyl (C=O) groups is 2. The number of nitrogens with one attached hydrogen (secondary N) is 2. The highest BCUT2D eigenvalue weighted by Gasteiger charge is 2.11. The lowest BCUT2D eigenvalue weighted by molar-refractivity contribution is 0.0912. The summed E-state index contributed by atoms with van der Waals surface area (Å²) in [6.45, 7) is 0.620. The average molecular weight is 338 g/mol. The Morgan fingerprint density at radius 2 is 1.64 bits per heavy atom. The maximum absolute atomic E-state index is 12.1. The molecule has 1 heterocycles. The molecule has 2 aromatic carbocycles. The average Bonchev–Trinajstić information content (AvgIpc) is 3.09. The quantitative estimate of drug-likeness (QED) is 0.677. The summed E-state index contributed by atoms with van der Waals surface area (Å²) in [4.78, 5) is 24.1. The van der Waals surface area contributed by atoms with Crippen molar-refractivity contribution in [2.45, 2.75) is 0 Å². The molecule has 128 valence electrons. The summed E-state index contributed by atoms with van der Waals surface area (Å²) in [5.41, 5.74) is 1.20. The Bertz CT molecular complexity index is 851. The van der Waals surface area contributed by atoms with Gasteiger partial charge in [0.1, 0.15) is 11.3 Å². The summed E-state index contributed by atoms with van der Waals surface area (Å²) in [7, 11) is 1.57. The molecular formula is C19H18N2O4. The topological polar surface area (TPSA) is 80.6 Å². The maximum Gasteiger partial charge on any atom is 0.287 e. The first-order valence-corrected chi connectivity index (χ1v) is 7.86. The Kier molecular flexibility index (Phi) is 4.99. The Hall–Kier alpha value is -3.28. The first kappa shape index (κ1) is 16.6. The van der Waals surface area contributed by atoms with Crippen LogP contribution in [0.25, 0.3) is 11.0 Å². The van der Waals surface area contributed by atoms with Crippen LogP contribution in [0, 0.1) is 0 Å². The fourth-order valence-corrected chi connectivity index (χ4v) is 2.38. The summed E-state index contributed by atoms with van der Waals surface area (Å²) in [5.74, 6) is 0.424. The van der Waals surface area contributed by atoms with Crippen LogP contribution >= 0.6 is 0 Å². The Morgan fingerprint density at radius 1 is 0.960 bits per heavy atom. The predicted octanol–water partition coefficient (Wildman–Crippen LogP) is 2.60. The molecule has 0 bridgehead atoms. The fourth-order valence-electron chi connectivity index (χ4n) is 2.38. The first-order chi connectivity index (χ1) is 12.2. The van der Waals surface area contributed by atoms with Crippen LogP contribution in [0.4, 0.5) is 0 Å². The van der Waals surface area contributed by atoms with Gasteiger partial charge in [-0.1, -0.05) is 18.2 Å². The van der Waals surface area contributed by atoms with E-state index in [1.165, 1.54) is 0 Å². The SMILES string of the molecule is COc1ccc(C(=O)NCCNC(=O)c2cc3ccccc3o2)cc1. The monoisotopic (exact) mass is 338 g/mol. The molecule has 0 atom stereocenters. The molecule has 0 spiro atoms. The minimum Gasteiger partial charge on any atom is -0.497 e. The zero-order chi connectivity index (χ0) is 17.6. The van der Waals surface area contributed by atoms with E-state index >= 15 is 0 Å². The minimum atomic E-state index is -0.310. The third-order valence-corrected chi connectivity index (χ3v) is 3.70. The molecule has 3 rings (SSSR count). The molecule has 25 heavy (non-hydrogen) atoms. The van der Waals surface area contributed by atoms with E-state index in [9.17, 15) is 9.59 Å². The highest BCUT2D eigenvalue weighted by Crippen LogP contribution is 2.18. The molecule has 0 radical (unpaired) electrons. The fraction of sp³-hybridized carbons (Fsp3) is 0.158. The highest BCUT2D eigenvalue weighted by atomic mass is 16.5. The second kappa shape index (κ2) is 7.53. The molecule has 0 aliphatic rings. The highest BCUT2D eigenvalue weighted by molar-refractivity contribution is 5.96. The van der Waals surface area contributed by atoms with Gasteiger partial charge in [-0.25, -0.2) is 0 Å². The van der Waals surface area contributed by atoms with E-state index in [1.54, 1.807) is 43.5 Å². The Balaban J connectivity index is 1.47. The molecule has 2 amide bonds. The van der Waals surface area contributed by atoms with Gasteiger partial charge in [0.15, 0.2) is 5.76 Å². The van der Waals surface area contributed by atoms with Crippen molar-refractivity contribution < 1.29 is 18.7 Å². The second-order valence-corrected chi connectivity index (χ2v) is 5.39. The van der Waals surface area contributed by atoms with Crippen molar-refractivity contribution >= 4 is 22.8 Å². The van der Waals surface area contributed by atoms with E-state index in [0.717, 1.165) is 5.39 Å². The summed E-state index contributed by atoms with van der Waals surface area (Å²) in [6.07, 6.45) is 0.